The quantitative estimate of drug-likeness (QED) is 0.510. The maximum Gasteiger partial charge on any atom is 0.334 e. The van der Waals surface area contributed by atoms with Crippen LogP contribution in [0.4, 0.5) is 4.79 Å². The third-order valence-corrected chi connectivity index (χ3v) is 2.45. The van der Waals surface area contributed by atoms with E-state index in [0.717, 1.165) is 11.3 Å². The van der Waals surface area contributed by atoms with Gasteiger partial charge in [-0.25, -0.2) is 9.69 Å². The van der Waals surface area contributed by atoms with E-state index < -0.39 is 30.3 Å². The van der Waals surface area contributed by atoms with Crippen LogP contribution in [-0.2, 0) is 14.4 Å². The van der Waals surface area contributed by atoms with Gasteiger partial charge in [0.25, 0.3) is 0 Å². The molecule has 0 spiro atoms. The second kappa shape index (κ2) is 5.42. The van der Waals surface area contributed by atoms with Crippen molar-refractivity contribution < 1.29 is 19.2 Å². The van der Waals surface area contributed by atoms with E-state index in [1.54, 1.807) is 0 Å². The molecule has 0 bridgehead atoms. The average Bonchev–Trinajstić information content (AvgIpc) is 2.51. The van der Waals surface area contributed by atoms with Gasteiger partial charge in [-0.2, -0.15) is 0 Å². The third-order valence-electron chi connectivity index (χ3n) is 2.45. The van der Waals surface area contributed by atoms with Gasteiger partial charge in [-0.05, 0) is 6.42 Å². The number of rotatable bonds is 5. The van der Waals surface area contributed by atoms with Crippen LogP contribution in [0, 0.1) is 0 Å². The average molecular weight is 241 g/mol. The normalized spacial score (nSPS) is 15.8. The van der Waals surface area contributed by atoms with E-state index in [0.29, 0.717) is 11.3 Å². The Morgan fingerprint density at radius 3 is 2.29 bits per heavy atom. The summed E-state index contributed by atoms with van der Waals surface area (Å²) in [6, 6.07) is -0.711. The van der Waals surface area contributed by atoms with E-state index in [1.807, 2.05) is 6.92 Å². The molecule has 0 aromatic rings. The molecule has 0 radical (unpaired) electrons. The summed E-state index contributed by atoms with van der Waals surface area (Å²) < 4.78 is 0. The first-order valence-corrected chi connectivity index (χ1v) is 5.40. The minimum absolute atomic E-state index is 0.212. The number of amides is 5. The Hall–Kier alpha value is -1.92. The second-order valence-corrected chi connectivity index (χ2v) is 3.66. The molecule has 0 aliphatic carbocycles. The van der Waals surface area contributed by atoms with Crippen LogP contribution in [0.25, 0.3) is 0 Å². The largest absolute Gasteiger partial charge is 0.358 e. The van der Waals surface area contributed by atoms with E-state index in [1.165, 1.54) is 7.05 Å². The molecule has 1 fully saturated rings. The highest BCUT2D eigenvalue weighted by atomic mass is 16.2. The summed E-state index contributed by atoms with van der Waals surface area (Å²) >= 11 is 0. The molecular weight excluding hydrogens is 226 g/mol. The van der Waals surface area contributed by atoms with E-state index in [9.17, 15) is 19.2 Å². The van der Waals surface area contributed by atoms with Crippen LogP contribution in [0.3, 0.4) is 0 Å². The highest BCUT2D eigenvalue weighted by Crippen LogP contribution is 2.12. The smallest absolute Gasteiger partial charge is 0.334 e. The highest BCUT2D eigenvalue weighted by Gasteiger charge is 2.44. The van der Waals surface area contributed by atoms with Gasteiger partial charge in [-0.3, -0.25) is 19.3 Å². The Morgan fingerprint density at radius 1 is 1.18 bits per heavy atom. The number of nitrogens with zero attached hydrogens (tertiary/aromatic N) is 2. The summed E-state index contributed by atoms with van der Waals surface area (Å²) in [5, 5.41) is 2.29. The third kappa shape index (κ3) is 2.61. The minimum atomic E-state index is -0.935. The number of carbonyl (C=O) groups excluding carboxylic acids is 4. The summed E-state index contributed by atoms with van der Waals surface area (Å²) in [6.45, 7) is 1.71. The van der Waals surface area contributed by atoms with E-state index >= 15 is 0 Å². The number of imide groups is 2. The van der Waals surface area contributed by atoms with Gasteiger partial charge in [0.2, 0.25) is 5.91 Å². The Kier molecular flexibility index (Phi) is 4.19. The standard InChI is InChI=1S/C10H15N3O4/c1-3-4-5-12-8(15)9(16)13(10(12)17)6-7(14)11-2/h3-6H2,1-2H3,(H,11,14). The van der Waals surface area contributed by atoms with Crippen LogP contribution in [-0.4, -0.2) is 53.7 Å². The fourth-order valence-electron chi connectivity index (χ4n) is 1.43. The van der Waals surface area contributed by atoms with Crippen molar-refractivity contribution in [3.63, 3.8) is 0 Å². The van der Waals surface area contributed by atoms with Crippen molar-refractivity contribution >= 4 is 23.8 Å². The maximum absolute atomic E-state index is 11.7. The van der Waals surface area contributed by atoms with Crippen LogP contribution >= 0.6 is 0 Å². The van der Waals surface area contributed by atoms with Gasteiger partial charge in [0, 0.05) is 13.6 Å². The molecule has 0 aromatic heterocycles. The molecule has 7 heteroatoms. The molecule has 1 aliphatic heterocycles. The molecule has 1 saturated heterocycles. The fourth-order valence-corrected chi connectivity index (χ4v) is 1.43. The number of likely N-dealkylation sites (N-methyl/N-ethyl adjacent to an activating group) is 1. The lowest BCUT2D eigenvalue weighted by Crippen LogP contribution is -2.40. The van der Waals surface area contributed by atoms with Crippen molar-refractivity contribution in [1.29, 1.82) is 0 Å². The molecule has 1 heterocycles. The molecule has 0 saturated carbocycles. The number of carbonyl (C=O) groups is 4. The van der Waals surface area contributed by atoms with Crippen molar-refractivity contribution in [1.82, 2.24) is 15.1 Å². The van der Waals surface area contributed by atoms with Crippen LogP contribution in [0.2, 0.25) is 0 Å². The predicted octanol–water partition coefficient (Wildman–Crippen LogP) is -0.677. The van der Waals surface area contributed by atoms with E-state index in [-0.39, 0.29) is 6.54 Å². The van der Waals surface area contributed by atoms with E-state index in [4.69, 9.17) is 0 Å². The first kappa shape index (κ1) is 13.1. The van der Waals surface area contributed by atoms with Gasteiger partial charge < -0.3 is 5.32 Å². The predicted molar refractivity (Wildman–Crippen MR) is 57.8 cm³/mol. The Morgan fingerprint density at radius 2 is 1.76 bits per heavy atom. The van der Waals surface area contributed by atoms with Crippen molar-refractivity contribution in [2.24, 2.45) is 0 Å². The van der Waals surface area contributed by atoms with Gasteiger partial charge >= 0.3 is 17.8 Å². The van der Waals surface area contributed by atoms with Gasteiger partial charge in [0.1, 0.15) is 6.54 Å². The summed E-state index contributed by atoms with van der Waals surface area (Å²) in [5.74, 6) is -2.28. The monoisotopic (exact) mass is 241 g/mol. The zero-order valence-electron chi connectivity index (χ0n) is 9.86. The molecule has 1 aliphatic rings. The molecule has 1 N–H and O–H groups in total. The highest BCUT2D eigenvalue weighted by molar-refractivity contribution is 6.45. The van der Waals surface area contributed by atoms with Crippen LogP contribution < -0.4 is 5.32 Å². The number of nitrogens with one attached hydrogen (secondary N) is 1. The molecule has 5 amide bonds. The number of unbranched alkanes of at least 4 members (excludes halogenated alkanes) is 1. The van der Waals surface area contributed by atoms with Gasteiger partial charge in [-0.15, -0.1) is 0 Å². The van der Waals surface area contributed by atoms with Gasteiger partial charge in [0.05, 0.1) is 0 Å². The van der Waals surface area contributed by atoms with Crippen molar-refractivity contribution in [2.75, 3.05) is 20.1 Å². The molecule has 0 aromatic carbocycles. The Bertz CT molecular complexity index is 367. The number of urea groups is 1. The summed E-state index contributed by atoms with van der Waals surface area (Å²) in [5.41, 5.74) is 0. The van der Waals surface area contributed by atoms with Crippen LogP contribution in [0.1, 0.15) is 19.8 Å². The molecule has 0 atom stereocenters. The van der Waals surface area contributed by atoms with Crippen molar-refractivity contribution in [2.45, 2.75) is 19.8 Å². The zero-order valence-corrected chi connectivity index (χ0v) is 9.86. The van der Waals surface area contributed by atoms with Gasteiger partial charge in [0.15, 0.2) is 0 Å². The lowest BCUT2D eigenvalue weighted by Gasteiger charge is -2.14. The Labute approximate surface area is 98.7 Å². The van der Waals surface area contributed by atoms with Crippen LogP contribution in [0.5, 0.6) is 0 Å². The topological polar surface area (TPSA) is 86.8 Å². The van der Waals surface area contributed by atoms with Crippen LogP contribution in [0.15, 0.2) is 0 Å². The zero-order chi connectivity index (χ0) is 13.0. The fraction of sp³-hybridized carbons (Fsp3) is 0.600. The first-order valence-electron chi connectivity index (χ1n) is 5.40. The molecule has 0 unspecified atom stereocenters. The van der Waals surface area contributed by atoms with Crippen molar-refractivity contribution in [3.05, 3.63) is 0 Å². The molecule has 7 nitrogen and oxygen atoms in total. The van der Waals surface area contributed by atoms with Crippen molar-refractivity contribution in [3.8, 4) is 0 Å². The minimum Gasteiger partial charge on any atom is -0.358 e. The lowest BCUT2D eigenvalue weighted by molar-refractivity contribution is -0.144. The second-order valence-electron chi connectivity index (χ2n) is 3.66. The summed E-state index contributed by atoms with van der Waals surface area (Å²) in [4.78, 5) is 47.3. The summed E-state index contributed by atoms with van der Waals surface area (Å²) in [6.07, 6.45) is 1.44. The first-order chi connectivity index (χ1) is 8.02. The lowest BCUT2D eigenvalue weighted by atomic mass is 10.3. The van der Waals surface area contributed by atoms with E-state index in [2.05, 4.69) is 5.32 Å². The Balaban J connectivity index is 2.75. The molecular formula is C10H15N3O4. The molecule has 1 rings (SSSR count). The number of hydrogen-bond acceptors (Lipinski definition) is 4. The SMILES string of the molecule is CCCCN1C(=O)C(=O)N(CC(=O)NC)C1=O. The van der Waals surface area contributed by atoms with Gasteiger partial charge in [-0.1, -0.05) is 13.3 Å². The summed E-state index contributed by atoms with van der Waals surface area (Å²) in [7, 11) is 1.39. The molecule has 17 heavy (non-hydrogen) atoms. The maximum atomic E-state index is 11.7. The molecule has 94 valence electrons. The number of hydrogen-bond donors (Lipinski definition) is 1.